The van der Waals surface area contributed by atoms with E-state index in [-0.39, 0.29) is 0 Å². The molecule has 1 nitrogen and oxygen atoms in total. The van der Waals surface area contributed by atoms with Gasteiger partial charge in [-0.2, -0.15) is 0 Å². The highest BCUT2D eigenvalue weighted by molar-refractivity contribution is 4.74. The lowest BCUT2D eigenvalue weighted by molar-refractivity contribution is 0.162. The van der Waals surface area contributed by atoms with Crippen molar-refractivity contribution >= 4 is 0 Å². The maximum Gasteiger partial charge on any atom is 0.000966 e. The molecule has 1 saturated heterocycles. The molecule has 0 unspecified atom stereocenters. The maximum absolute atomic E-state index is 2.71. The normalized spacial score (nSPS) is 35.8. The molecule has 14 heavy (non-hydrogen) atoms. The fourth-order valence-electron chi connectivity index (χ4n) is 3.02. The Labute approximate surface area is 88.9 Å². The van der Waals surface area contributed by atoms with Crippen LogP contribution in [-0.2, 0) is 0 Å². The minimum Gasteiger partial charge on any atom is -0.303 e. The zero-order valence-electron chi connectivity index (χ0n) is 9.67. The summed E-state index contributed by atoms with van der Waals surface area (Å²) in [5.74, 6) is 2.04. The van der Waals surface area contributed by atoms with Crippen LogP contribution in [0, 0.1) is 11.8 Å². The van der Waals surface area contributed by atoms with Gasteiger partial charge in [0.1, 0.15) is 0 Å². The van der Waals surface area contributed by atoms with Gasteiger partial charge in [-0.1, -0.05) is 26.2 Å². The summed E-state index contributed by atoms with van der Waals surface area (Å²) >= 11 is 0. The fraction of sp³-hybridized carbons (Fsp3) is 1.00. The quantitative estimate of drug-likeness (QED) is 0.653. The highest BCUT2D eigenvalue weighted by Gasteiger charge is 2.21. The Balaban J connectivity index is 1.68. The molecule has 2 fully saturated rings. The second-order valence-corrected chi connectivity index (χ2v) is 5.49. The van der Waals surface area contributed by atoms with Crippen LogP contribution in [0.2, 0.25) is 0 Å². The Morgan fingerprint density at radius 1 is 0.929 bits per heavy atom. The predicted octanol–water partition coefficient (Wildman–Crippen LogP) is 3.30. The first-order valence-corrected chi connectivity index (χ1v) is 6.57. The molecule has 0 bridgehead atoms. The lowest BCUT2D eigenvalue weighted by atomic mass is 9.82. The Morgan fingerprint density at radius 2 is 1.57 bits per heavy atom. The molecule has 1 heteroatoms. The van der Waals surface area contributed by atoms with Crippen molar-refractivity contribution in [3.8, 4) is 0 Å². The molecule has 0 spiro atoms. The van der Waals surface area contributed by atoms with Crippen molar-refractivity contribution in [1.82, 2.24) is 4.90 Å². The smallest absolute Gasteiger partial charge is 0.000966 e. The molecule has 82 valence electrons. The van der Waals surface area contributed by atoms with E-state index in [2.05, 4.69) is 11.8 Å². The highest BCUT2D eigenvalue weighted by Crippen LogP contribution is 2.29. The molecule has 1 aliphatic heterocycles. The molecule has 0 atom stereocenters. The van der Waals surface area contributed by atoms with Crippen molar-refractivity contribution in [3.05, 3.63) is 0 Å². The third-order valence-electron chi connectivity index (χ3n) is 4.10. The molecule has 0 aromatic rings. The molecular weight excluding hydrogens is 170 g/mol. The van der Waals surface area contributed by atoms with Gasteiger partial charge < -0.3 is 4.90 Å². The van der Waals surface area contributed by atoms with Crippen LogP contribution >= 0.6 is 0 Å². The summed E-state index contributed by atoms with van der Waals surface area (Å²) in [4.78, 5) is 2.71. The Bertz CT molecular complexity index is 153. The van der Waals surface area contributed by atoms with Gasteiger partial charge in [-0.25, -0.2) is 0 Å². The SMILES string of the molecule is CC1CCC(CN2CCCCC2)CC1. The van der Waals surface area contributed by atoms with Crippen molar-refractivity contribution in [2.45, 2.75) is 51.9 Å². The molecule has 0 aromatic carbocycles. The zero-order valence-corrected chi connectivity index (χ0v) is 9.67. The summed E-state index contributed by atoms with van der Waals surface area (Å²) in [5, 5.41) is 0. The number of rotatable bonds is 2. The van der Waals surface area contributed by atoms with Crippen LogP contribution in [0.1, 0.15) is 51.9 Å². The van der Waals surface area contributed by atoms with Crippen molar-refractivity contribution in [2.75, 3.05) is 19.6 Å². The van der Waals surface area contributed by atoms with Crippen LogP contribution in [-0.4, -0.2) is 24.5 Å². The van der Waals surface area contributed by atoms with Gasteiger partial charge >= 0.3 is 0 Å². The largest absolute Gasteiger partial charge is 0.303 e. The summed E-state index contributed by atoms with van der Waals surface area (Å²) in [5.41, 5.74) is 0. The van der Waals surface area contributed by atoms with E-state index >= 15 is 0 Å². The molecule has 1 heterocycles. The standard InChI is InChI=1S/C13H25N/c1-12-5-7-13(8-6-12)11-14-9-3-2-4-10-14/h12-13H,2-11H2,1H3. The van der Waals surface area contributed by atoms with E-state index in [1.165, 1.54) is 64.6 Å². The molecular formula is C13H25N. The van der Waals surface area contributed by atoms with Crippen LogP contribution in [0.3, 0.4) is 0 Å². The Hall–Kier alpha value is -0.0400. The van der Waals surface area contributed by atoms with Crippen LogP contribution < -0.4 is 0 Å². The second kappa shape index (κ2) is 5.16. The minimum atomic E-state index is 1.01. The third-order valence-corrected chi connectivity index (χ3v) is 4.10. The first kappa shape index (κ1) is 10.5. The summed E-state index contributed by atoms with van der Waals surface area (Å²) in [6.07, 6.45) is 10.3. The summed E-state index contributed by atoms with van der Waals surface area (Å²) in [7, 11) is 0. The molecule has 1 saturated carbocycles. The average molecular weight is 195 g/mol. The van der Waals surface area contributed by atoms with Crippen LogP contribution in [0.5, 0.6) is 0 Å². The highest BCUT2D eigenvalue weighted by atomic mass is 15.1. The number of nitrogens with zero attached hydrogens (tertiary/aromatic N) is 1. The Kier molecular flexibility index (Phi) is 3.86. The predicted molar refractivity (Wildman–Crippen MR) is 61.4 cm³/mol. The van der Waals surface area contributed by atoms with Crippen molar-refractivity contribution in [2.24, 2.45) is 11.8 Å². The van der Waals surface area contributed by atoms with E-state index in [0.717, 1.165) is 11.8 Å². The fourth-order valence-corrected chi connectivity index (χ4v) is 3.02. The summed E-state index contributed by atoms with van der Waals surface area (Å²) in [6.45, 7) is 6.59. The summed E-state index contributed by atoms with van der Waals surface area (Å²) < 4.78 is 0. The van der Waals surface area contributed by atoms with Crippen molar-refractivity contribution < 1.29 is 0 Å². The van der Waals surface area contributed by atoms with Gasteiger partial charge in [-0.15, -0.1) is 0 Å². The zero-order chi connectivity index (χ0) is 9.80. The number of hydrogen-bond acceptors (Lipinski definition) is 1. The van der Waals surface area contributed by atoms with E-state index in [0.29, 0.717) is 0 Å². The first-order valence-electron chi connectivity index (χ1n) is 6.57. The van der Waals surface area contributed by atoms with Gasteiger partial charge in [0.15, 0.2) is 0 Å². The molecule has 1 aliphatic carbocycles. The molecule has 2 rings (SSSR count). The maximum atomic E-state index is 2.71. The van der Waals surface area contributed by atoms with Gasteiger partial charge in [-0.3, -0.25) is 0 Å². The van der Waals surface area contributed by atoms with Gasteiger partial charge in [0, 0.05) is 6.54 Å². The molecule has 2 aliphatic rings. The summed E-state index contributed by atoms with van der Waals surface area (Å²) in [6, 6.07) is 0. The van der Waals surface area contributed by atoms with E-state index in [1.807, 2.05) is 0 Å². The van der Waals surface area contributed by atoms with E-state index in [9.17, 15) is 0 Å². The number of hydrogen-bond donors (Lipinski definition) is 0. The number of likely N-dealkylation sites (tertiary alicyclic amines) is 1. The average Bonchev–Trinajstić information content (AvgIpc) is 2.23. The lowest BCUT2D eigenvalue weighted by Gasteiger charge is -2.33. The van der Waals surface area contributed by atoms with Crippen molar-refractivity contribution in [3.63, 3.8) is 0 Å². The van der Waals surface area contributed by atoms with E-state index in [1.54, 1.807) is 0 Å². The van der Waals surface area contributed by atoms with Crippen LogP contribution in [0.15, 0.2) is 0 Å². The van der Waals surface area contributed by atoms with E-state index < -0.39 is 0 Å². The topological polar surface area (TPSA) is 3.24 Å². The van der Waals surface area contributed by atoms with Gasteiger partial charge in [0.2, 0.25) is 0 Å². The minimum absolute atomic E-state index is 1.01. The molecule has 0 N–H and O–H groups in total. The van der Waals surface area contributed by atoms with Crippen molar-refractivity contribution in [1.29, 1.82) is 0 Å². The first-order chi connectivity index (χ1) is 6.84. The van der Waals surface area contributed by atoms with Crippen LogP contribution in [0.4, 0.5) is 0 Å². The molecule has 0 amide bonds. The van der Waals surface area contributed by atoms with E-state index in [4.69, 9.17) is 0 Å². The van der Waals surface area contributed by atoms with Gasteiger partial charge in [-0.05, 0) is 50.6 Å². The third kappa shape index (κ3) is 2.98. The monoisotopic (exact) mass is 195 g/mol. The van der Waals surface area contributed by atoms with Crippen LogP contribution in [0.25, 0.3) is 0 Å². The number of piperidine rings is 1. The molecule has 0 aromatic heterocycles. The molecule has 0 radical (unpaired) electrons. The van der Waals surface area contributed by atoms with Gasteiger partial charge in [0.25, 0.3) is 0 Å². The van der Waals surface area contributed by atoms with Gasteiger partial charge in [0.05, 0.1) is 0 Å². The second-order valence-electron chi connectivity index (χ2n) is 5.49. The Morgan fingerprint density at radius 3 is 2.21 bits per heavy atom. The lowest BCUT2D eigenvalue weighted by Crippen LogP contribution is -2.35.